The van der Waals surface area contributed by atoms with Crippen LogP contribution in [0.2, 0.25) is 0 Å². The highest BCUT2D eigenvalue weighted by atomic mass is 32.2. The number of alkyl halides is 3. The number of carbonyl (C=O) groups is 1. The van der Waals surface area contributed by atoms with Gasteiger partial charge in [0.1, 0.15) is 11.6 Å². The molecule has 3 rings (SSSR count). The van der Waals surface area contributed by atoms with Gasteiger partial charge in [-0.25, -0.2) is 12.8 Å². The number of aliphatic hydroxyl groups is 3. The van der Waals surface area contributed by atoms with E-state index in [1.54, 1.807) is 0 Å². The molecule has 0 aliphatic carbocycles. The molecule has 0 fully saturated rings. The number of benzene rings is 2. The van der Waals surface area contributed by atoms with E-state index in [0.29, 0.717) is 6.92 Å². The smallest absolute Gasteiger partial charge is 0.393 e. The second-order valence-electron chi connectivity index (χ2n) is 9.76. The number of aliphatic hydroxyl groups excluding tert-OH is 1. The topological polar surface area (TPSA) is 115 Å². The molecule has 3 N–H and O–H groups in total. The van der Waals surface area contributed by atoms with Gasteiger partial charge in [0.2, 0.25) is 0 Å². The number of carbonyl (C=O) groups excluding carboxylic acids is 1. The van der Waals surface area contributed by atoms with Gasteiger partial charge >= 0.3 is 6.18 Å². The predicted octanol–water partition coefficient (Wildman–Crippen LogP) is 3.59. The maximum Gasteiger partial charge on any atom is 0.421 e. The Morgan fingerprint density at radius 3 is 2.27 bits per heavy atom. The molecular formula is C25H29F4NO6S. The van der Waals surface area contributed by atoms with Crippen LogP contribution in [0.5, 0.6) is 0 Å². The number of Topliss-reactive ketones (excluding diaryl/α,β-unsaturated/α-hetero) is 1. The molecule has 37 heavy (non-hydrogen) atoms. The minimum atomic E-state index is -4.97. The van der Waals surface area contributed by atoms with Crippen LogP contribution >= 0.6 is 0 Å². The summed E-state index contributed by atoms with van der Waals surface area (Å²) in [5.41, 5.74) is -4.82. The van der Waals surface area contributed by atoms with E-state index in [0.717, 1.165) is 40.7 Å². The number of fused-ring (bicyclic) bond motifs is 1. The summed E-state index contributed by atoms with van der Waals surface area (Å²) in [5, 5.41) is 29.3. The zero-order valence-electron chi connectivity index (χ0n) is 20.3. The Bertz CT molecular complexity index is 1240. The van der Waals surface area contributed by atoms with Crippen LogP contribution < -0.4 is 4.31 Å². The van der Waals surface area contributed by atoms with Crippen LogP contribution in [0.3, 0.4) is 0 Å². The molecule has 0 amide bonds. The van der Waals surface area contributed by atoms with Gasteiger partial charge in [-0.15, -0.1) is 0 Å². The standard InChI is InChI=1S/C25H29F4NO6S/c1-23(33,15-31)12-11-20(32)14-19-7-3-16-13-17(24(2,34)25(27,28)29)4-10-22(16)30(19)37(35,36)21-8-5-18(26)6-9-21/h4-6,8-10,13,19,31,33-34H,3,7,11-12,14-15H2,1-2H3/t19-,23+,24?/m0/s1. The van der Waals surface area contributed by atoms with Crippen molar-refractivity contribution in [2.24, 2.45) is 0 Å². The van der Waals surface area contributed by atoms with Crippen LogP contribution in [0, 0.1) is 5.82 Å². The first-order valence-corrected chi connectivity index (χ1v) is 13.0. The number of hydrogen-bond donors (Lipinski definition) is 3. The summed E-state index contributed by atoms with van der Waals surface area (Å²) < 4.78 is 81.9. The van der Waals surface area contributed by atoms with E-state index in [2.05, 4.69) is 0 Å². The molecule has 7 nitrogen and oxygen atoms in total. The van der Waals surface area contributed by atoms with Gasteiger partial charge in [0.15, 0.2) is 5.60 Å². The Balaban J connectivity index is 2.03. The number of rotatable bonds is 9. The van der Waals surface area contributed by atoms with Gasteiger partial charge in [-0.3, -0.25) is 9.10 Å². The normalized spacial score (nSPS) is 19.6. The average molecular weight is 548 g/mol. The monoisotopic (exact) mass is 547 g/mol. The van der Waals surface area contributed by atoms with Gasteiger partial charge in [0, 0.05) is 12.8 Å². The van der Waals surface area contributed by atoms with Crippen molar-refractivity contribution in [1.82, 2.24) is 0 Å². The lowest BCUT2D eigenvalue weighted by atomic mass is 9.88. The van der Waals surface area contributed by atoms with Crippen molar-refractivity contribution in [3.63, 3.8) is 0 Å². The molecule has 0 bridgehead atoms. The molecule has 12 heteroatoms. The zero-order valence-corrected chi connectivity index (χ0v) is 21.1. The van der Waals surface area contributed by atoms with Crippen molar-refractivity contribution in [3.05, 3.63) is 59.4 Å². The van der Waals surface area contributed by atoms with Crippen molar-refractivity contribution < 1.29 is 46.1 Å². The highest BCUT2D eigenvalue weighted by Gasteiger charge is 2.51. The van der Waals surface area contributed by atoms with Crippen molar-refractivity contribution in [3.8, 4) is 0 Å². The lowest BCUT2D eigenvalue weighted by Crippen LogP contribution is -2.45. The maximum atomic E-state index is 13.6. The Morgan fingerprint density at radius 1 is 1.08 bits per heavy atom. The van der Waals surface area contributed by atoms with Crippen LogP contribution in [0.4, 0.5) is 23.2 Å². The molecule has 0 saturated heterocycles. The lowest BCUT2D eigenvalue weighted by molar-refractivity contribution is -0.258. The Hall–Kier alpha value is -2.54. The van der Waals surface area contributed by atoms with Crippen LogP contribution in [0.1, 0.15) is 50.7 Å². The molecule has 0 spiro atoms. The highest BCUT2D eigenvalue weighted by Crippen LogP contribution is 2.43. The van der Waals surface area contributed by atoms with Gasteiger partial charge in [-0.2, -0.15) is 13.2 Å². The van der Waals surface area contributed by atoms with Gasteiger partial charge < -0.3 is 15.3 Å². The van der Waals surface area contributed by atoms with E-state index in [-0.39, 0.29) is 54.0 Å². The summed E-state index contributed by atoms with van der Waals surface area (Å²) in [6.07, 6.45) is -5.17. The molecule has 0 aromatic heterocycles. The Kier molecular flexibility index (Phi) is 8.09. The number of aryl methyl sites for hydroxylation is 1. The second kappa shape index (κ2) is 10.3. The third-order valence-corrected chi connectivity index (χ3v) is 8.51. The molecule has 3 atom stereocenters. The Labute approximate surface area is 212 Å². The second-order valence-corrected chi connectivity index (χ2v) is 11.6. The molecule has 2 aromatic carbocycles. The number of nitrogens with zero attached hydrogens (tertiary/aromatic N) is 1. The van der Waals surface area contributed by atoms with E-state index >= 15 is 0 Å². The number of sulfonamides is 1. The SMILES string of the molecule is CC(O)(c1ccc2c(c1)CC[C@@H](CC(=O)CC[C@@](C)(O)CO)N2S(=O)(=O)c1ccc(F)cc1)C(F)(F)F. The zero-order chi connectivity index (χ0) is 27.8. The molecule has 1 aliphatic rings. The third kappa shape index (κ3) is 6.14. The fourth-order valence-corrected chi connectivity index (χ4v) is 5.90. The summed E-state index contributed by atoms with van der Waals surface area (Å²) in [7, 11) is -4.37. The van der Waals surface area contributed by atoms with E-state index in [9.17, 15) is 46.1 Å². The van der Waals surface area contributed by atoms with E-state index < -0.39 is 51.4 Å². The average Bonchev–Trinajstić information content (AvgIpc) is 2.81. The summed E-state index contributed by atoms with van der Waals surface area (Å²) in [5.74, 6) is -1.04. The van der Waals surface area contributed by atoms with Gasteiger partial charge in [-0.05, 0) is 74.6 Å². The highest BCUT2D eigenvalue weighted by molar-refractivity contribution is 7.92. The minimum absolute atomic E-state index is 0.0494. The van der Waals surface area contributed by atoms with Gasteiger partial charge in [0.05, 0.1) is 28.8 Å². The van der Waals surface area contributed by atoms with Gasteiger partial charge in [0.25, 0.3) is 10.0 Å². The molecule has 0 radical (unpaired) electrons. The number of hydrogen-bond acceptors (Lipinski definition) is 6. The van der Waals surface area contributed by atoms with Crippen molar-refractivity contribution in [1.29, 1.82) is 0 Å². The summed E-state index contributed by atoms with van der Waals surface area (Å²) in [4.78, 5) is 12.4. The fourth-order valence-electron chi connectivity index (χ4n) is 4.19. The molecule has 0 saturated carbocycles. The molecule has 1 aliphatic heterocycles. The van der Waals surface area contributed by atoms with Crippen molar-refractivity contribution in [2.45, 2.75) is 74.3 Å². The first kappa shape index (κ1) is 29.0. The van der Waals surface area contributed by atoms with Crippen molar-refractivity contribution in [2.75, 3.05) is 10.9 Å². The number of halogens is 4. The summed E-state index contributed by atoms with van der Waals surface area (Å²) >= 11 is 0. The Morgan fingerprint density at radius 2 is 1.70 bits per heavy atom. The summed E-state index contributed by atoms with van der Waals surface area (Å²) in [6, 6.07) is 6.38. The molecule has 2 aromatic rings. The first-order chi connectivity index (χ1) is 17.0. The molecule has 1 heterocycles. The van der Waals surface area contributed by atoms with Crippen molar-refractivity contribution >= 4 is 21.5 Å². The molecule has 1 unspecified atom stereocenters. The van der Waals surface area contributed by atoms with E-state index in [1.807, 2.05) is 0 Å². The van der Waals surface area contributed by atoms with E-state index in [4.69, 9.17) is 0 Å². The van der Waals surface area contributed by atoms with Crippen LogP contribution in [0.15, 0.2) is 47.4 Å². The van der Waals surface area contributed by atoms with Crippen LogP contribution in [-0.4, -0.2) is 53.9 Å². The largest absolute Gasteiger partial charge is 0.421 e. The van der Waals surface area contributed by atoms with Crippen LogP contribution in [-0.2, 0) is 26.8 Å². The van der Waals surface area contributed by atoms with Gasteiger partial charge in [-0.1, -0.05) is 12.1 Å². The predicted molar refractivity (Wildman–Crippen MR) is 127 cm³/mol. The lowest BCUT2D eigenvalue weighted by Gasteiger charge is -2.38. The fraction of sp³-hybridized carbons (Fsp3) is 0.480. The minimum Gasteiger partial charge on any atom is -0.393 e. The summed E-state index contributed by atoms with van der Waals surface area (Å²) in [6.45, 7) is 1.40. The maximum absolute atomic E-state index is 13.6. The quantitative estimate of drug-likeness (QED) is 0.414. The first-order valence-electron chi connectivity index (χ1n) is 11.6. The van der Waals surface area contributed by atoms with Crippen LogP contribution in [0.25, 0.3) is 0 Å². The number of ketones is 1. The third-order valence-electron chi connectivity index (χ3n) is 6.63. The van der Waals surface area contributed by atoms with E-state index in [1.165, 1.54) is 13.0 Å². The number of anilines is 1. The molecule has 204 valence electrons. The molecular weight excluding hydrogens is 518 g/mol.